The summed E-state index contributed by atoms with van der Waals surface area (Å²) in [7, 11) is 0. The summed E-state index contributed by atoms with van der Waals surface area (Å²) in [5, 5.41) is 3.49. The van der Waals surface area contributed by atoms with E-state index in [4.69, 9.17) is 4.74 Å². The van der Waals surface area contributed by atoms with Crippen LogP contribution in [0.4, 0.5) is 0 Å². The van der Waals surface area contributed by atoms with Crippen LogP contribution in [0.15, 0.2) is 36.9 Å². The van der Waals surface area contributed by atoms with E-state index in [1.807, 2.05) is 24.3 Å². The first-order chi connectivity index (χ1) is 8.40. The molecule has 0 aromatic heterocycles. The zero-order valence-electron chi connectivity index (χ0n) is 10.3. The summed E-state index contributed by atoms with van der Waals surface area (Å²) < 4.78 is 5.80. The molecule has 0 amide bonds. The third-order valence-electron chi connectivity index (χ3n) is 2.93. The quantitative estimate of drug-likeness (QED) is 0.548. The smallest absolute Gasteiger partial charge is 0.122 e. The second-order valence-corrected chi connectivity index (χ2v) is 4.53. The van der Waals surface area contributed by atoms with Crippen LogP contribution >= 0.6 is 0 Å². The molecule has 92 valence electrons. The monoisotopic (exact) mass is 231 g/mol. The molecule has 2 heteroatoms. The molecule has 0 spiro atoms. The molecule has 2 rings (SSSR count). The van der Waals surface area contributed by atoms with Crippen LogP contribution in [0.1, 0.15) is 24.8 Å². The zero-order chi connectivity index (χ0) is 11.9. The molecule has 1 aliphatic carbocycles. The third kappa shape index (κ3) is 4.23. The van der Waals surface area contributed by atoms with Crippen molar-refractivity contribution in [2.24, 2.45) is 0 Å². The van der Waals surface area contributed by atoms with E-state index >= 15 is 0 Å². The van der Waals surface area contributed by atoms with Crippen LogP contribution in [0, 0.1) is 0 Å². The SMILES string of the molecule is C=CCc1ccccc1OCCCNC1CC1. The van der Waals surface area contributed by atoms with Gasteiger partial charge in [-0.3, -0.25) is 0 Å². The summed E-state index contributed by atoms with van der Waals surface area (Å²) in [4.78, 5) is 0. The van der Waals surface area contributed by atoms with Gasteiger partial charge in [0.15, 0.2) is 0 Å². The number of nitrogens with one attached hydrogen (secondary N) is 1. The topological polar surface area (TPSA) is 21.3 Å². The zero-order valence-corrected chi connectivity index (χ0v) is 10.3. The summed E-state index contributed by atoms with van der Waals surface area (Å²) in [6, 6.07) is 8.99. The van der Waals surface area contributed by atoms with E-state index < -0.39 is 0 Å². The van der Waals surface area contributed by atoms with Gasteiger partial charge in [0.1, 0.15) is 5.75 Å². The molecule has 1 saturated carbocycles. The van der Waals surface area contributed by atoms with Gasteiger partial charge in [-0.1, -0.05) is 24.3 Å². The van der Waals surface area contributed by atoms with Crippen molar-refractivity contribution in [1.82, 2.24) is 5.32 Å². The first-order valence-electron chi connectivity index (χ1n) is 6.45. The maximum Gasteiger partial charge on any atom is 0.122 e. The normalized spacial score (nSPS) is 14.6. The predicted octanol–water partition coefficient (Wildman–Crippen LogP) is 2.94. The molecule has 17 heavy (non-hydrogen) atoms. The van der Waals surface area contributed by atoms with Gasteiger partial charge in [0.2, 0.25) is 0 Å². The van der Waals surface area contributed by atoms with Crippen molar-refractivity contribution in [1.29, 1.82) is 0 Å². The van der Waals surface area contributed by atoms with Gasteiger partial charge in [-0.15, -0.1) is 6.58 Å². The summed E-state index contributed by atoms with van der Waals surface area (Å²) >= 11 is 0. The largest absolute Gasteiger partial charge is 0.493 e. The average molecular weight is 231 g/mol. The summed E-state index contributed by atoms with van der Waals surface area (Å²) in [6.45, 7) is 5.62. The number of ether oxygens (including phenoxy) is 1. The Hall–Kier alpha value is -1.28. The summed E-state index contributed by atoms with van der Waals surface area (Å²) in [6.07, 6.45) is 6.55. The molecule has 0 bridgehead atoms. The molecule has 1 aromatic carbocycles. The van der Waals surface area contributed by atoms with Gasteiger partial charge < -0.3 is 10.1 Å². The van der Waals surface area contributed by atoms with E-state index in [-0.39, 0.29) is 0 Å². The van der Waals surface area contributed by atoms with Crippen LogP contribution in [-0.2, 0) is 6.42 Å². The molecule has 1 fully saturated rings. The van der Waals surface area contributed by atoms with Crippen LogP contribution < -0.4 is 10.1 Å². The Morgan fingerprint density at radius 1 is 1.35 bits per heavy atom. The van der Waals surface area contributed by atoms with Gasteiger partial charge >= 0.3 is 0 Å². The molecule has 1 N–H and O–H groups in total. The Balaban J connectivity index is 1.70. The van der Waals surface area contributed by atoms with Crippen LogP contribution in [0.3, 0.4) is 0 Å². The van der Waals surface area contributed by atoms with Gasteiger partial charge in [-0.25, -0.2) is 0 Å². The molecule has 0 saturated heterocycles. The lowest BCUT2D eigenvalue weighted by Gasteiger charge is -2.10. The summed E-state index contributed by atoms with van der Waals surface area (Å²) in [5.41, 5.74) is 1.22. The number of para-hydroxylation sites is 1. The number of allylic oxidation sites excluding steroid dienone is 1. The average Bonchev–Trinajstić information content (AvgIpc) is 3.15. The molecular formula is C15H21NO. The van der Waals surface area contributed by atoms with Crippen LogP contribution in [0.2, 0.25) is 0 Å². The first kappa shape index (κ1) is 12.2. The second-order valence-electron chi connectivity index (χ2n) is 4.53. The van der Waals surface area contributed by atoms with Crippen molar-refractivity contribution < 1.29 is 4.74 Å². The van der Waals surface area contributed by atoms with E-state index in [9.17, 15) is 0 Å². The highest BCUT2D eigenvalue weighted by Gasteiger charge is 2.19. The Labute approximate surface area is 104 Å². The van der Waals surface area contributed by atoms with Crippen molar-refractivity contribution in [2.75, 3.05) is 13.2 Å². The standard InChI is InChI=1S/C15H21NO/c1-2-6-13-7-3-4-8-15(13)17-12-5-11-16-14-9-10-14/h2-4,7-8,14,16H,1,5-6,9-12H2. The molecule has 1 aliphatic rings. The maximum atomic E-state index is 5.80. The lowest BCUT2D eigenvalue weighted by atomic mass is 10.1. The van der Waals surface area contributed by atoms with Crippen molar-refractivity contribution in [3.8, 4) is 5.75 Å². The highest BCUT2D eigenvalue weighted by molar-refractivity contribution is 5.34. The Morgan fingerprint density at radius 3 is 2.94 bits per heavy atom. The number of benzene rings is 1. The van der Waals surface area contributed by atoms with Gasteiger partial charge in [-0.2, -0.15) is 0 Å². The van der Waals surface area contributed by atoms with Crippen LogP contribution in [-0.4, -0.2) is 19.2 Å². The molecule has 0 heterocycles. The van der Waals surface area contributed by atoms with E-state index in [0.29, 0.717) is 0 Å². The molecule has 0 radical (unpaired) electrons. The Morgan fingerprint density at radius 2 is 2.18 bits per heavy atom. The van der Waals surface area contributed by atoms with Crippen molar-refractivity contribution in [3.63, 3.8) is 0 Å². The second kappa shape index (κ2) is 6.45. The molecular weight excluding hydrogens is 210 g/mol. The third-order valence-corrected chi connectivity index (χ3v) is 2.93. The lowest BCUT2D eigenvalue weighted by Crippen LogP contribution is -2.19. The molecule has 2 nitrogen and oxygen atoms in total. The highest BCUT2D eigenvalue weighted by Crippen LogP contribution is 2.19. The van der Waals surface area contributed by atoms with Crippen molar-refractivity contribution >= 4 is 0 Å². The van der Waals surface area contributed by atoms with E-state index in [2.05, 4.69) is 18.0 Å². The number of hydrogen-bond donors (Lipinski definition) is 1. The molecule has 0 unspecified atom stereocenters. The van der Waals surface area contributed by atoms with Gasteiger partial charge in [0, 0.05) is 6.04 Å². The fourth-order valence-corrected chi connectivity index (χ4v) is 1.82. The van der Waals surface area contributed by atoms with Crippen molar-refractivity contribution in [2.45, 2.75) is 31.7 Å². The molecule has 1 aromatic rings. The highest BCUT2D eigenvalue weighted by atomic mass is 16.5. The van der Waals surface area contributed by atoms with E-state index in [1.54, 1.807) is 0 Å². The maximum absolute atomic E-state index is 5.80. The first-order valence-corrected chi connectivity index (χ1v) is 6.45. The summed E-state index contributed by atoms with van der Waals surface area (Å²) in [5.74, 6) is 0.999. The Bertz CT molecular complexity index is 358. The fraction of sp³-hybridized carbons (Fsp3) is 0.467. The minimum Gasteiger partial charge on any atom is -0.493 e. The fourth-order valence-electron chi connectivity index (χ4n) is 1.82. The minimum atomic E-state index is 0.786. The predicted molar refractivity (Wildman–Crippen MR) is 71.5 cm³/mol. The van der Waals surface area contributed by atoms with E-state index in [0.717, 1.165) is 37.8 Å². The van der Waals surface area contributed by atoms with Gasteiger partial charge in [-0.05, 0) is 43.9 Å². The number of hydrogen-bond acceptors (Lipinski definition) is 2. The van der Waals surface area contributed by atoms with Gasteiger partial charge in [0.05, 0.1) is 6.61 Å². The number of rotatable bonds is 8. The molecule has 0 atom stereocenters. The van der Waals surface area contributed by atoms with Crippen molar-refractivity contribution in [3.05, 3.63) is 42.5 Å². The van der Waals surface area contributed by atoms with E-state index in [1.165, 1.54) is 18.4 Å². The van der Waals surface area contributed by atoms with Crippen LogP contribution in [0.25, 0.3) is 0 Å². The molecule has 0 aliphatic heterocycles. The van der Waals surface area contributed by atoms with Gasteiger partial charge in [0.25, 0.3) is 0 Å². The Kier molecular flexibility index (Phi) is 4.63. The lowest BCUT2D eigenvalue weighted by molar-refractivity contribution is 0.305. The van der Waals surface area contributed by atoms with Crippen LogP contribution in [0.5, 0.6) is 5.75 Å². The minimum absolute atomic E-state index is 0.786.